The molecule has 0 N–H and O–H groups in total. The van der Waals surface area contributed by atoms with Crippen LogP contribution in [0.1, 0.15) is 38.3 Å². The normalized spacial score (nSPS) is 20.5. The van der Waals surface area contributed by atoms with Crippen LogP contribution in [0.3, 0.4) is 0 Å². The van der Waals surface area contributed by atoms with Crippen LogP contribution < -0.4 is 0 Å². The number of pyridine rings is 1. The summed E-state index contributed by atoms with van der Waals surface area (Å²) in [6.45, 7) is 7.02. The predicted octanol–water partition coefficient (Wildman–Crippen LogP) is 4.03. The molecule has 1 fully saturated rings. The maximum absolute atomic E-state index is 4.61. The van der Waals surface area contributed by atoms with Crippen molar-refractivity contribution in [2.24, 2.45) is 5.92 Å². The molecule has 1 atom stereocenters. The molecule has 1 saturated heterocycles. The van der Waals surface area contributed by atoms with Crippen molar-refractivity contribution < 1.29 is 0 Å². The molecule has 3 rings (SSSR count). The van der Waals surface area contributed by atoms with Crippen molar-refractivity contribution in [3.8, 4) is 0 Å². The van der Waals surface area contributed by atoms with Gasteiger partial charge in [0.25, 0.3) is 0 Å². The van der Waals surface area contributed by atoms with Crippen LogP contribution in [0.4, 0.5) is 0 Å². The van der Waals surface area contributed by atoms with Crippen molar-refractivity contribution in [1.82, 2.24) is 9.88 Å². The fraction of sp³-hybridized carbons (Fsp3) is 0.471. The summed E-state index contributed by atoms with van der Waals surface area (Å²) in [5.41, 5.74) is 2.48. The van der Waals surface area contributed by atoms with E-state index < -0.39 is 0 Å². The molecule has 2 aromatic rings. The fourth-order valence-corrected chi connectivity index (χ4v) is 3.16. The number of rotatable bonds is 3. The SMILES string of the molecule is CC(C)CN1CCC[C@H]1c1cnc2ccccc2c1. The van der Waals surface area contributed by atoms with E-state index in [1.54, 1.807) is 0 Å². The van der Waals surface area contributed by atoms with Crippen molar-refractivity contribution in [2.45, 2.75) is 32.7 Å². The number of aromatic nitrogens is 1. The minimum atomic E-state index is 0.569. The van der Waals surface area contributed by atoms with Gasteiger partial charge in [0.2, 0.25) is 0 Å². The lowest BCUT2D eigenvalue weighted by Gasteiger charge is -2.26. The molecule has 0 radical (unpaired) electrons. The molecule has 1 aliphatic heterocycles. The van der Waals surface area contributed by atoms with E-state index >= 15 is 0 Å². The van der Waals surface area contributed by atoms with Crippen LogP contribution in [-0.4, -0.2) is 23.0 Å². The Morgan fingerprint density at radius 3 is 3.00 bits per heavy atom. The Kier molecular flexibility index (Phi) is 3.52. The van der Waals surface area contributed by atoms with Crippen LogP contribution in [0.2, 0.25) is 0 Å². The van der Waals surface area contributed by atoms with Crippen molar-refractivity contribution in [3.63, 3.8) is 0 Å². The number of likely N-dealkylation sites (tertiary alicyclic amines) is 1. The number of benzene rings is 1. The van der Waals surface area contributed by atoms with Crippen LogP contribution in [0.5, 0.6) is 0 Å². The third kappa shape index (κ3) is 2.64. The highest BCUT2D eigenvalue weighted by Gasteiger charge is 2.26. The highest BCUT2D eigenvalue weighted by atomic mass is 15.2. The lowest BCUT2D eigenvalue weighted by Crippen LogP contribution is -2.27. The first kappa shape index (κ1) is 12.6. The van der Waals surface area contributed by atoms with Crippen LogP contribution in [0, 0.1) is 5.92 Å². The third-order valence-electron chi connectivity index (χ3n) is 3.96. The van der Waals surface area contributed by atoms with E-state index in [0.29, 0.717) is 6.04 Å². The Balaban J connectivity index is 1.90. The predicted molar refractivity (Wildman–Crippen MR) is 80.1 cm³/mol. The van der Waals surface area contributed by atoms with Gasteiger partial charge in [0, 0.05) is 24.2 Å². The summed E-state index contributed by atoms with van der Waals surface area (Å²) in [5, 5.41) is 1.26. The molecule has 0 aliphatic carbocycles. The molecular weight excluding hydrogens is 232 g/mol. The van der Waals surface area contributed by atoms with Crippen LogP contribution in [-0.2, 0) is 0 Å². The minimum absolute atomic E-state index is 0.569. The van der Waals surface area contributed by atoms with Crippen molar-refractivity contribution >= 4 is 10.9 Å². The number of hydrogen-bond donors (Lipinski definition) is 0. The standard InChI is InChI=1S/C17H22N2/c1-13(2)12-19-9-5-8-17(19)15-10-14-6-3-4-7-16(14)18-11-15/h3-4,6-7,10-11,13,17H,5,8-9,12H2,1-2H3/t17-/m0/s1. The molecule has 2 heterocycles. The summed E-state index contributed by atoms with van der Waals surface area (Å²) in [4.78, 5) is 7.23. The van der Waals surface area contributed by atoms with E-state index in [-0.39, 0.29) is 0 Å². The monoisotopic (exact) mass is 254 g/mol. The third-order valence-corrected chi connectivity index (χ3v) is 3.96. The molecule has 19 heavy (non-hydrogen) atoms. The van der Waals surface area contributed by atoms with Gasteiger partial charge in [-0.2, -0.15) is 0 Å². The summed E-state index contributed by atoms with van der Waals surface area (Å²) >= 11 is 0. The summed E-state index contributed by atoms with van der Waals surface area (Å²) < 4.78 is 0. The maximum Gasteiger partial charge on any atom is 0.0702 e. The zero-order valence-corrected chi connectivity index (χ0v) is 11.8. The van der Waals surface area contributed by atoms with Gasteiger partial charge in [-0.05, 0) is 43.0 Å². The van der Waals surface area contributed by atoms with E-state index in [1.807, 2.05) is 0 Å². The highest BCUT2D eigenvalue weighted by molar-refractivity contribution is 5.78. The molecule has 2 nitrogen and oxygen atoms in total. The first-order chi connectivity index (χ1) is 9.24. The van der Waals surface area contributed by atoms with Gasteiger partial charge < -0.3 is 0 Å². The average Bonchev–Trinajstić information content (AvgIpc) is 2.85. The Labute approximate surface area is 115 Å². The average molecular weight is 254 g/mol. The van der Waals surface area contributed by atoms with Crippen molar-refractivity contribution in [1.29, 1.82) is 0 Å². The van der Waals surface area contributed by atoms with E-state index in [2.05, 4.69) is 60.3 Å². The first-order valence-corrected chi connectivity index (χ1v) is 7.33. The fourth-order valence-electron chi connectivity index (χ4n) is 3.16. The van der Waals surface area contributed by atoms with E-state index in [9.17, 15) is 0 Å². The first-order valence-electron chi connectivity index (χ1n) is 7.33. The zero-order valence-electron chi connectivity index (χ0n) is 11.8. The molecule has 0 saturated carbocycles. The van der Waals surface area contributed by atoms with Gasteiger partial charge in [0.15, 0.2) is 0 Å². The van der Waals surface area contributed by atoms with Gasteiger partial charge in [0.05, 0.1) is 5.52 Å². The topological polar surface area (TPSA) is 16.1 Å². The molecule has 1 aliphatic rings. The summed E-state index contributed by atoms with van der Waals surface area (Å²) in [6.07, 6.45) is 4.66. The summed E-state index contributed by atoms with van der Waals surface area (Å²) in [7, 11) is 0. The van der Waals surface area contributed by atoms with Gasteiger partial charge in [-0.3, -0.25) is 9.88 Å². The smallest absolute Gasteiger partial charge is 0.0702 e. The van der Waals surface area contributed by atoms with Gasteiger partial charge in [0.1, 0.15) is 0 Å². The van der Waals surface area contributed by atoms with Gasteiger partial charge in [-0.25, -0.2) is 0 Å². The van der Waals surface area contributed by atoms with Crippen LogP contribution in [0.15, 0.2) is 36.5 Å². The van der Waals surface area contributed by atoms with Gasteiger partial charge in [-0.15, -0.1) is 0 Å². The largest absolute Gasteiger partial charge is 0.296 e. The van der Waals surface area contributed by atoms with E-state index in [1.165, 1.54) is 36.9 Å². The molecule has 100 valence electrons. The van der Waals surface area contributed by atoms with Crippen molar-refractivity contribution in [2.75, 3.05) is 13.1 Å². The minimum Gasteiger partial charge on any atom is -0.296 e. The number of hydrogen-bond acceptors (Lipinski definition) is 2. The molecule has 0 bridgehead atoms. The molecule has 2 heteroatoms. The molecule has 1 aromatic heterocycles. The molecule has 0 unspecified atom stereocenters. The lowest BCUT2D eigenvalue weighted by atomic mass is 10.0. The number of para-hydroxylation sites is 1. The van der Waals surface area contributed by atoms with E-state index in [4.69, 9.17) is 0 Å². The van der Waals surface area contributed by atoms with E-state index in [0.717, 1.165) is 11.4 Å². The van der Waals surface area contributed by atoms with Crippen LogP contribution in [0.25, 0.3) is 10.9 Å². The van der Waals surface area contributed by atoms with Crippen LogP contribution >= 0.6 is 0 Å². The van der Waals surface area contributed by atoms with Crippen molar-refractivity contribution in [3.05, 3.63) is 42.1 Å². The summed E-state index contributed by atoms with van der Waals surface area (Å²) in [5.74, 6) is 0.731. The second kappa shape index (κ2) is 5.30. The molecule has 0 amide bonds. The molecular formula is C17H22N2. The summed E-state index contributed by atoms with van der Waals surface area (Å²) in [6, 6.07) is 11.3. The van der Waals surface area contributed by atoms with Gasteiger partial charge >= 0.3 is 0 Å². The van der Waals surface area contributed by atoms with Gasteiger partial charge in [-0.1, -0.05) is 32.0 Å². The number of nitrogens with zero attached hydrogens (tertiary/aromatic N) is 2. The lowest BCUT2D eigenvalue weighted by molar-refractivity contribution is 0.229. The Morgan fingerprint density at radius 2 is 2.16 bits per heavy atom. The quantitative estimate of drug-likeness (QED) is 0.822. The second-order valence-electron chi connectivity index (χ2n) is 6.01. The maximum atomic E-state index is 4.61. The Hall–Kier alpha value is -1.41. The molecule has 0 spiro atoms. The highest BCUT2D eigenvalue weighted by Crippen LogP contribution is 2.33. The number of fused-ring (bicyclic) bond motifs is 1. The molecule has 1 aromatic carbocycles. The second-order valence-corrected chi connectivity index (χ2v) is 6.01. The zero-order chi connectivity index (χ0) is 13.2. The Bertz CT molecular complexity index is 562. The Morgan fingerprint density at radius 1 is 1.32 bits per heavy atom.